The maximum absolute atomic E-state index is 13.2. The zero-order valence-electron chi connectivity index (χ0n) is 14.5. The third-order valence-electron chi connectivity index (χ3n) is 3.60. The lowest BCUT2D eigenvalue weighted by atomic mass is 10.1. The lowest BCUT2D eigenvalue weighted by Gasteiger charge is -2.11. The molecule has 0 spiro atoms. The van der Waals surface area contributed by atoms with E-state index in [4.69, 9.17) is 23.2 Å². The van der Waals surface area contributed by atoms with Gasteiger partial charge in [-0.2, -0.15) is 13.2 Å². The van der Waals surface area contributed by atoms with Gasteiger partial charge in [0.25, 0.3) is 0 Å². The van der Waals surface area contributed by atoms with Crippen LogP contribution in [0.2, 0.25) is 10.0 Å². The standard InChI is InChI=1S/C19H12Cl2F3N3OS/c20-12-3-1-11(2-4-12)15-9-16(19(22,23)24)27-18(26-15)29-10-17(28)25-14-7-5-13(21)6-8-14/h1-9H,10H2,(H,25,28). The second kappa shape index (κ2) is 9.02. The molecule has 0 saturated heterocycles. The van der Waals surface area contributed by atoms with Crippen molar-refractivity contribution < 1.29 is 18.0 Å². The van der Waals surface area contributed by atoms with Crippen LogP contribution in [0.15, 0.2) is 59.8 Å². The number of nitrogens with zero attached hydrogens (tertiary/aromatic N) is 2. The molecule has 4 nitrogen and oxygen atoms in total. The number of nitrogens with one attached hydrogen (secondary N) is 1. The number of carbonyl (C=O) groups excluding carboxylic acids is 1. The highest BCUT2D eigenvalue weighted by Gasteiger charge is 2.34. The molecule has 0 saturated carbocycles. The van der Waals surface area contributed by atoms with Gasteiger partial charge in [-0.05, 0) is 42.5 Å². The normalized spacial score (nSPS) is 11.3. The third kappa shape index (κ3) is 6.09. The SMILES string of the molecule is O=C(CSc1nc(-c2ccc(Cl)cc2)cc(C(F)(F)F)n1)Nc1ccc(Cl)cc1. The van der Waals surface area contributed by atoms with Crippen LogP contribution in [0, 0.1) is 0 Å². The first-order chi connectivity index (χ1) is 13.7. The molecule has 29 heavy (non-hydrogen) atoms. The Kier molecular flexibility index (Phi) is 6.66. The van der Waals surface area contributed by atoms with Gasteiger partial charge in [0.15, 0.2) is 5.16 Å². The molecule has 0 aliphatic carbocycles. The molecule has 150 valence electrons. The number of benzene rings is 2. The number of anilines is 1. The highest BCUT2D eigenvalue weighted by Crippen LogP contribution is 2.32. The van der Waals surface area contributed by atoms with E-state index in [1.807, 2.05) is 0 Å². The minimum absolute atomic E-state index is 0.0876. The van der Waals surface area contributed by atoms with Gasteiger partial charge in [0.2, 0.25) is 5.91 Å². The quantitative estimate of drug-likeness (QED) is 0.366. The van der Waals surface area contributed by atoms with Crippen LogP contribution in [0.5, 0.6) is 0 Å². The van der Waals surface area contributed by atoms with Gasteiger partial charge < -0.3 is 5.32 Å². The molecule has 1 aromatic heterocycles. The van der Waals surface area contributed by atoms with Crippen molar-refractivity contribution >= 4 is 46.6 Å². The first kappa shape index (κ1) is 21.4. The molecule has 0 unspecified atom stereocenters. The van der Waals surface area contributed by atoms with Crippen LogP contribution in [0.25, 0.3) is 11.3 Å². The summed E-state index contributed by atoms with van der Waals surface area (Å²) in [4.78, 5) is 19.8. The Hall–Kier alpha value is -2.29. The van der Waals surface area contributed by atoms with Gasteiger partial charge in [0, 0.05) is 21.3 Å². The number of alkyl halides is 3. The van der Waals surface area contributed by atoms with Gasteiger partial charge in [0.1, 0.15) is 5.69 Å². The fraction of sp³-hybridized carbons (Fsp3) is 0.105. The molecule has 2 aromatic carbocycles. The van der Waals surface area contributed by atoms with Crippen LogP contribution >= 0.6 is 35.0 Å². The summed E-state index contributed by atoms with van der Waals surface area (Å²) in [5, 5.41) is 3.44. The van der Waals surface area contributed by atoms with E-state index in [1.165, 1.54) is 0 Å². The zero-order chi connectivity index (χ0) is 21.0. The Bertz CT molecular complexity index is 1010. The van der Waals surface area contributed by atoms with Crippen LogP contribution in [0.4, 0.5) is 18.9 Å². The number of amides is 1. The maximum Gasteiger partial charge on any atom is 0.433 e. The maximum atomic E-state index is 13.2. The minimum atomic E-state index is -4.65. The summed E-state index contributed by atoms with van der Waals surface area (Å²) in [6.45, 7) is 0. The Labute approximate surface area is 178 Å². The van der Waals surface area contributed by atoms with E-state index < -0.39 is 17.8 Å². The number of thioether (sulfide) groups is 1. The molecular weight excluding hydrogens is 446 g/mol. The van der Waals surface area contributed by atoms with Gasteiger partial charge in [-0.25, -0.2) is 9.97 Å². The summed E-state index contributed by atoms with van der Waals surface area (Å²) < 4.78 is 39.7. The molecule has 0 fully saturated rings. The van der Waals surface area contributed by atoms with E-state index in [0.717, 1.165) is 17.8 Å². The largest absolute Gasteiger partial charge is 0.433 e. The van der Waals surface area contributed by atoms with Crippen molar-refractivity contribution in [2.24, 2.45) is 0 Å². The second-order valence-corrected chi connectivity index (χ2v) is 7.58. The van der Waals surface area contributed by atoms with Crippen molar-refractivity contribution in [1.82, 2.24) is 9.97 Å². The number of hydrogen-bond donors (Lipinski definition) is 1. The Morgan fingerprint density at radius 1 is 0.966 bits per heavy atom. The molecule has 0 atom stereocenters. The summed E-state index contributed by atoms with van der Waals surface area (Å²) in [7, 11) is 0. The summed E-state index contributed by atoms with van der Waals surface area (Å²) in [6, 6.07) is 13.5. The molecule has 3 aromatic rings. The smallest absolute Gasteiger partial charge is 0.325 e. The van der Waals surface area contributed by atoms with Crippen LogP contribution in [-0.2, 0) is 11.0 Å². The minimum Gasteiger partial charge on any atom is -0.325 e. The average molecular weight is 458 g/mol. The van der Waals surface area contributed by atoms with Gasteiger partial charge in [-0.1, -0.05) is 47.1 Å². The van der Waals surface area contributed by atoms with E-state index in [2.05, 4.69) is 15.3 Å². The fourth-order valence-electron chi connectivity index (χ4n) is 2.26. The van der Waals surface area contributed by atoms with E-state index in [9.17, 15) is 18.0 Å². The molecule has 1 heterocycles. The highest BCUT2D eigenvalue weighted by atomic mass is 35.5. The zero-order valence-corrected chi connectivity index (χ0v) is 16.8. The molecule has 0 bridgehead atoms. The highest BCUT2D eigenvalue weighted by molar-refractivity contribution is 7.99. The molecule has 10 heteroatoms. The summed E-state index contributed by atoms with van der Waals surface area (Å²) in [5.41, 5.74) is -0.0239. The molecule has 0 aliphatic heterocycles. The number of aromatic nitrogens is 2. The van der Waals surface area contributed by atoms with Gasteiger partial charge >= 0.3 is 6.18 Å². The number of hydrogen-bond acceptors (Lipinski definition) is 4. The molecule has 1 amide bonds. The fourth-order valence-corrected chi connectivity index (χ4v) is 3.17. The van der Waals surface area contributed by atoms with Crippen molar-refractivity contribution in [2.45, 2.75) is 11.3 Å². The number of halogens is 5. The van der Waals surface area contributed by atoms with Gasteiger partial charge in [-0.3, -0.25) is 4.79 Å². The molecular formula is C19H12Cl2F3N3OS. The summed E-state index contributed by atoms with van der Waals surface area (Å²) in [6.07, 6.45) is -4.65. The van der Waals surface area contributed by atoms with Crippen LogP contribution in [-0.4, -0.2) is 21.6 Å². The monoisotopic (exact) mass is 457 g/mol. The van der Waals surface area contributed by atoms with Crippen molar-refractivity contribution in [3.05, 3.63) is 70.3 Å². The van der Waals surface area contributed by atoms with Crippen LogP contribution in [0.1, 0.15) is 5.69 Å². The van der Waals surface area contributed by atoms with Crippen molar-refractivity contribution in [3.8, 4) is 11.3 Å². The van der Waals surface area contributed by atoms with E-state index in [1.54, 1.807) is 48.5 Å². The second-order valence-electron chi connectivity index (χ2n) is 5.77. The first-order valence-corrected chi connectivity index (χ1v) is 9.85. The molecule has 1 N–H and O–H groups in total. The van der Waals surface area contributed by atoms with Crippen molar-refractivity contribution in [1.29, 1.82) is 0 Å². The van der Waals surface area contributed by atoms with E-state index in [0.29, 0.717) is 21.3 Å². The van der Waals surface area contributed by atoms with Crippen molar-refractivity contribution in [2.75, 3.05) is 11.1 Å². The first-order valence-electron chi connectivity index (χ1n) is 8.11. The van der Waals surface area contributed by atoms with Crippen LogP contribution in [0.3, 0.4) is 0 Å². The lowest BCUT2D eigenvalue weighted by molar-refractivity contribution is -0.141. The Balaban J connectivity index is 1.78. The van der Waals surface area contributed by atoms with Gasteiger partial charge in [-0.15, -0.1) is 0 Å². The molecule has 0 radical (unpaired) electrons. The van der Waals surface area contributed by atoms with Gasteiger partial charge in [0.05, 0.1) is 11.4 Å². The topological polar surface area (TPSA) is 54.9 Å². The van der Waals surface area contributed by atoms with E-state index in [-0.39, 0.29) is 16.6 Å². The molecule has 3 rings (SSSR count). The summed E-state index contributed by atoms with van der Waals surface area (Å²) >= 11 is 12.4. The predicted molar refractivity (Wildman–Crippen MR) is 108 cm³/mol. The molecule has 0 aliphatic rings. The number of rotatable bonds is 5. The lowest BCUT2D eigenvalue weighted by Crippen LogP contribution is -2.15. The third-order valence-corrected chi connectivity index (χ3v) is 4.95. The summed E-state index contributed by atoms with van der Waals surface area (Å²) in [5.74, 6) is -0.573. The predicted octanol–water partition coefficient (Wildman–Crippen LogP) is 6.20. The number of carbonyl (C=O) groups is 1. The Morgan fingerprint density at radius 3 is 2.14 bits per heavy atom. The van der Waals surface area contributed by atoms with Crippen molar-refractivity contribution in [3.63, 3.8) is 0 Å². The average Bonchev–Trinajstić information content (AvgIpc) is 2.68. The van der Waals surface area contributed by atoms with E-state index >= 15 is 0 Å². The van der Waals surface area contributed by atoms with Crippen LogP contribution < -0.4 is 5.32 Å². The Morgan fingerprint density at radius 2 is 1.55 bits per heavy atom.